The molecule has 0 saturated carbocycles. The summed E-state index contributed by atoms with van der Waals surface area (Å²) >= 11 is 0. The van der Waals surface area contributed by atoms with Crippen LogP contribution in [0.4, 0.5) is 0 Å². The fourth-order valence-electron chi connectivity index (χ4n) is 1.83. The molecule has 0 aliphatic carbocycles. The molecule has 0 radical (unpaired) electrons. The molecule has 0 spiro atoms. The molecule has 2 atom stereocenters. The van der Waals surface area contributed by atoms with Gasteiger partial charge in [0.2, 0.25) is 0 Å². The van der Waals surface area contributed by atoms with E-state index in [9.17, 15) is 4.79 Å². The summed E-state index contributed by atoms with van der Waals surface area (Å²) in [5.41, 5.74) is 8.45. The molecule has 0 heterocycles. The lowest BCUT2D eigenvalue weighted by Gasteiger charge is -2.17. The molecular formula is C14H21NO2. The van der Waals surface area contributed by atoms with E-state index in [1.54, 1.807) is 0 Å². The summed E-state index contributed by atoms with van der Waals surface area (Å²) in [6, 6.07) is 8.19. The number of benzene rings is 1. The minimum atomic E-state index is -0.173. The lowest BCUT2D eigenvalue weighted by atomic mass is 9.94. The van der Waals surface area contributed by atoms with Crippen molar-refractivity contribution in [2.24, 2.45) is 11.7 Å². The Labute approximate surface area is 103 Å². The predicted molar refractivity (Wildman–Crippen MR) is 68.5 cm³/mol. The number of nitrogens with two attached hydrogens (primary N) is 1. The minimum absolute atomic E-state index is 0.0183. The van der Waals surface area contributed by atoms with Crippen molar-refractivity contribution in [2.45, 2.75) is 32.7 Å². The van der Waals surface area contributed by atoms with Crippen LogP contribution in [0.15, 0.2) is 24.3 Å². The van der Waals surface area contributed by atoms with E-state index in [-0.39, 0.29) is 17.9 Å². The first kappa shape index (κ1) is 13.7. The first-order valence-corrected chi connectivity index (χ1v) is 5.92. The maximum atomic E-state index is 11.1. The Hall–Kier alpha value is -1.35. The van der Waals surface area contributed by atoms with Crippen molar-refractivity contribution in [1.29, 1.82) is 0 Å². The third-order valence-corrected chi connectivity index (χ3v) is 2.90. The zero-order valence-corrected chi connectivity index (χ0v) is 10.8. The molecule has 2 unspecified atom stereocenters. The van der Waals surface area contributed by atoms with Crippen LogP contribution < -0.4 is 5.73 Å². The van der Waals surface area contributed by atoms with Crippen LogP contribution in [0.2, 0.25) is 0 Å². The van der Waals surface area contributed by atoms with Gasteiger partial charge in [-0.05, 0) is 24.8 Å². The van der Waals surface area contributed by atoms with Gasteiger partial charge in [-0.25, -0.2) is 0 Å². The molecule has 2 N–H and O–H groups in total. The van der Waals surface area contributed by atoms with Crippen LogP contribution in [-0.2, 0) is 9.53 Å². The van der Waals surface area contributed by atoms with E-state index >= 15 is 0 Å². The molecule has 0 aliphatic rings. The quantitative estimate of drug-likeness (QED) is 0.798. The van der Waals surface area contributed by atoms with Crippen LogP contribution in [0.25, 0.3) is 0 Å². The molecule has 3 heteroatoms. The summed E-state index contributed by atoms with van der Waals surface area (Å²) in [6.07, 6.45) is 1.22. The summed E-state index contributed by atoms with van der Waals surface area (Å²) in [4.78, 5) is 11.1. The third kappa shape index (κ3) is 4.57. The third-order valence-electron chi connectivity index (χ3n) is 2.90. The van der Waals surface area contributed by atoms with Crippen molar-refractivity contribution in [3.63, 3.8) is 0 Å². The van der Waals surface area contributed by atoms with Crippen molar-refractivity contribution in [1.82, 2.24) is 0 Å². The van der Waals surface area contributed by atoms with Crippen molar-refractivity contribution < 1.29 is 9.53 Å². The second kappa shape index (κ2) is 6.40. The Bertz CT molecular complexity index is 359. The standard InChI is InChI=1S/C14H21NO2/c1-10-4-6-12(7-5-10)13(15)8-11(2)9-14(16)17-3/h4-7,11,13H,8-9,15H2,1-3H3. The zero-order chi connectivity index (χ0) is 12.8. The normalized spacial score (nSPS) is 14.1. The highest BCUT2D eigenvalue weighted by Crippen LogP contribution is 2.21. The average Bonchev–Trinajstić information content (AvgIpc) is 2.29. The molecule has 0 aromatic heterocycles. The maximum Gasteiger partial charge on any atom is 0.305 e. The molecule has 1 aromatic carbocycles. The van der Waals surface area contributed by atoms with E-state index in [2.05, 4.69) is 23.8 Å². The topological polar surface area (TPSA) is 52.3 Å². The Morgan fingerprint density at radius 2 is 1.94 bits per heavy atom. The fourth-order valence-corrected chi connectivity index (χ4v) is 1.83. The summed E-state index contributed by atoms with van der Waals surface area (Å²) in [6.45, 7) is 4.07. The number of esters is 1. The molecule has 0 bridgehead atoms. The number of hydrogen-bond acceptors (Lipinski definition) is 3. The highest BCUT2D eigenvalue weighted by atomic mass is 16.5. The fraction of sp³-hybridized carbons (Fsp3) is 0.500. The van der Waals surface area contributed by atoms with Gasteiger partial charge in [-0.3, -0.25) is 4.79 Å². The second-order valence-corrected chi connectivity index (χ2v) is 4.64. The van der Waals surface area contributed by atoms with Crippen LogP contribution in [0.5, 0.6) is 0 Å². The highest BCUT2D eigenvalue weighted by Gasteiger charge is 2.14. The van der Waals surface area contributed by atoms with Gasteiger partial charge in [-0.1, -0.05) is 36.8 Å². The van der Waals surface area contributed by atoms with Gasteiger partial charge in [-0.2, -0.15) is 0 Å². The van der Waals surface area contributed by atoms with Crippen LogP contribution >= 0.6 is 0 Å². The predicted octanol–water partition coefficient (Wildman–Crippen LogP) is 2.58. The molecule has 94 valence electrons. The van der Waals surface area contributed by atoms with Gasteiger partial charge in [0, 0.05) is 12.5 Å². The monoisotopic (exact) mass is 235 g/mol. The number of ether oxygens (including phenoxy) is 1. The molecule has 0 saturated heterocycles. The van der Waals surface area contributed by atoms with E-state index in [1.807, 2.05) is 19.1 Å². The molecular weight excluding hydrogens is 214 g/mol. The summed E-state index contributed by atoms with van der Waals surface area (Å²) in [5.74, 6) is 0.0624. The SMILES string of the molecule is COC(=O)CC(C)CC(N)c1ccc(C)cc1. The van der Waals surface area contributed by atoms with E-state index in [1.165, 1.54) is 12.7 Å². The van der Waals surface area contributed by atoms with Gasteiger partial charge >= 0.3 is 5.97 Å². The average molecular weight is 235 g/mol. The molecule has 3 nitrogen and oxygen atoms in total. The van der Waals surface area contributed by atoms with Gasteiger partial charge in [0.05, 0.1) is 7.11 Å². The Kier molecular flexibility index (Phi) is 5.16. The lowest BCUT2D eigenvalue weighted by Crippen LogP contribution is -2.16. The van der Waals surface area contributed by atoms with Crippen LogP contribution in [-0.4, -0.2) is 13.1 Å². The first-order valence-electron chi connectivity index (χ1n) is 5.92. The van der Waals surface area contributed by atoms with Crippen LogP contribution in [0, 0.1) is 12.8 Å². The van der Waals surface area contributed by atoms with E-state index in [0.717, 1.165) is 12.0 Å². The number of hydrogen-bond donors (Lipinski definition) is 1. The van der Waals surface area contributed by atoms with Crippen molar-refractivity contribution in [3.05, 3.63) is 35.4 Å². The van der Waals surface area contributed by atoms with Crippen LogP contribution in [0.1, 0.15) is 36.9 Å². The van der Waals surface area contributed by atoms with Gasteiger partial charge in [-0.15, -0.1) is 0 Å². The van der Waals surface area contributed by atoms with Crippen molar-refractivity contribution >= 4 is 5.97 Å². The zero-order valence-electron chi connectivity index (χ0n) is 10.8. The number of aryl methyl sites for hydroxylation is 1. The van der Waals surface area contributed by atoms with E-state index < -0.39 is 0 Å². The van der Waals surface area contributed by atoms with Gasteiger partial charge in [0.15, 0.2) is 0 Å². The summed E-state index contributed by atoms with van der Waals surface area (Å²) < 4.78 is 4.64. The highest BCUT2D eigenvalue weighted by molar-refractivity contribution is 5.69. The molecule has 17 heavy (non-hydrogen) atoms. The summed E-state index contributed by atoms with van der Waals surface area (Å²) in [7, 11) is 1.41. The molecule has 0 fully saturated rings. The van der Waals surface area contributed by atoms with Gasteiger partial charge in [0.25, 0.3) is 0 Å². The largest absolute Gasteiger partial charge is 0.469 e. The van der Waals surface area contributed by atoms with E-state index in [4.69, 9.17) is 5.73 Å². The van der Waals surface area contributed by atoms with Gasteiger partial charge in [0.1, 0.15) is 0 Å². The Morgan fingerprint density at radius 1 is 1.35 bits per heavy atom. The maximum absolute atomic E-state index is 11.1. The first-order chi connectivity index (χ1) is 8.02. The lowest BCUT2D eigenvalue weighted by molar-refractivity contribution is -0.141. The van der Waals surface area contributed by atoms with Crippen LogP contribution in [0.3, 0.4) is 0 Å². The second-order valence-electron chi connectivity index (χ2n) is 4.64. The minimum Gasteiger partial charge on any atom is -0.469 e. The number of methoxy groups -OCH3 is 1. The van der Waals surface area contributed by atoms with Gasteiger partial charge < -0.3 is 10.5 Å². The van der Waals surface area contributed by atoms with Crippen molar-refractivity contribution in [2.75, 3.05) is 7.11 Å². The Morgan fingerprint density at radius 3 is 2.47 bits per heavy atom. The molecule has 0 aliphatic heterocycles. The number of rotatable bonds is 5. The number of carbonyl (C=O) groups excluding carboxylic acids is 1. The smallest absolute Gasteiger partial charge is 0.305 e. The Balaban J connectivity index is 2.51. The van der Waals surface area contributed by atoms with Crippen molar-refractivity contribution in [3.8, 4) is 0 Å². The number of carbonyl (C=O) groups is 1. The molecule has 1 aromatic rings. The molecule has 0 amide bonds. The summed E-state index contributed by atoms with van der Waals surface area (Å²) in [5, 5.41) is 0. The molecule has 1 rings (SSSR count). The van der Waals surface area contributed by atoms with E-state index in [0.29, 0.717) is 6.42 Å².